The van der Waals surface area contributed by atoms with Gasteiger partial charge in [-0.15, -0.1) is 0 Å². The Bertz CT molecular complexity index is 642. The Kier molecular flexibility index (Phi) is 3.45. The number of nitrogens with zero attached hydrogens (tertiary/aromatic N) is 2. The van der Waals surface area contributed by atoms with Crippen molar-refractivity contribution < 1.29 is 4.79 Å². The number of carbonyl (C=O) groups is 1. The van der Waals surface area contributed by atoms with Crippen molar-refractivity contribution in [2.24, 2.45) is 0 Å². The molecule has 3 nitrogen and oxygen atoms in total. The van der Waals surface area contributed by atoms with Crippen LogP contribution in [0, 0.1) is 0 Å². The fraction of sp³-hybridized carbons (Fsp3) is 0.250. The molecule has 1 amide bonds. The van der Waals surface area contributed by atoms with Gasteiger partial charge in [-0.2, -0.15) is 0 Å². The molecule has 0 spiro atoms. The predicted molar refractivity (Wildman–Crippen MR) is 80.1 cm³/mol. The molecule has 0 saturated heterocycles. The molecule has 1 atom stereocenters. The van der Waals surface area contributed by atoms with Crippen molar-refractivity contribution in [1.82, 2.24) is 4.98 Å². The fourth-order valence-electron chi connectivity index (χ4n) is 2.74. The van der Waals surface area contributed by atoms with Gasteiger partial charge in [-0.25, -0.2) is 4.42 Å². The molecule has 0 fully saturated rings. The molecule has 1 aliphatic carbocycles. The number of pyridine rings is 1. The first-order chi connectivity index (χ1) is 9.68. The van der Waals surface area contributed by atoms with Crippen LogP contribution < -0.4 is 4.42 Å². The number of fused-ring (bicyclic) bond motifs is 1. The summed E-state index contributed by atoms with van der Waals surface area (Å²) in [5, 5.41) is 0. The van der Waals surface area contributed by atoms with Gasteiger partial charge >= 0.3 is 0 Å². The van der Waals surface area contributed by atoms with Crippen LogP contribution >= 0.6 is 11.8 Å². The zero-order valence-corrected chi connectivity index (χ0v) is 12.0. The van der Waals surface area contributed by atoms with Crippen molar-refractivity contribution in [1.29, 1.82) is 0 Å². The highest BCUT2D eigenvalue weighted by Crippen LogP contribution is 2.39. The summed E-state index contributed by atoms with van der Waals surface area (Å²) in [6.45, 7) is 2.21. The van der Waals surface area contributed by atoms with Crippen molar-refractivity contribution in [2.45, 2.75) is 25.7 Å². The summed E-state index contributed by atoms with van der Waals surface area (Å²) < 4.78 is 1.22. The van der Waals surface area contributed by atoms with E-state index in [1.165, 1.54) is 21.7 Å². The van der Waals surface area contributed by atoms with Gasteiger partial charge in [0.05, 0.1) is 11.3 Å². The van der Waals surface area contributed by atoms with E-state index in [4.69, 9.17) is 11.8 Å². The number of benzene rings is 1. The van der Waals surface area contributed by atoms with Crippen LogP contribution in [0.1, 0.15) is 40.7 Å². The molecule has 1 heterocycles. The van der Waals surface area contributed by atoms with Gasteiger partial charge < -0.3 is 0 Å². The summed E-state index contributed by atoms with van der Waals surface area (Å²) in [6, 6.07) is 9.43. The largest absolute Gasteiger partial charge is 0.274 e. The van der Waals surface area contributed by atoms with E-state index in [1.807, 2.05) is 12.1 Å². The minimum Gasteiger partial charge on any atom is -0.267 e. The van der Waals surface area contributed by atoms with E-state index in [9.17, 15) is 4.79 Å². The van der Waals surface area contributed by atoms with Crippen molar-refractivity contribution >= 4 is 23.4 Å². The van der Waals surface area contributed by atoms with E-state index in [0.717, 1.165) is 18.5 Å². The monoisotopic (exact) mass is 286 g/mol. The van der Waals surface area contributed by atoms with Crippen LogP contribution in [-0.4, -0.2) is 10.9 Å². The summed E-state index contributed by atoms with van der Waals surface area (Å²) in [4.78, 5) is 16.3. The first-order valence-corrected chi connectivity index (χ1v) is 7.04. The summed E-state index contributed by atoms with van der Waals surface area (Å²) in [5.41, 5.74) is 3.77. The van der Waals surface area contributed by atoms with Gasteiger partial charge in [0.2, 0.25) is 0 Å². The van der Waals surface area contributed by atoms with E-state index in [2.05, 4.69) is 18.0 Å². The Morgan fingerprint density at radius 3 is 2.95 bits per heavy atom. The van der Waals surface area contributed by atoms with Gasteiger partial charge in [0.1, 0.15) is 0 Å². The van der Waals surface area contributed by atoms with Gasteiger partial charge in [-0.3, -0.25) is 9.78 Å². The first-order valence-electron chi connectivity index (χ1n) is 6.70. The van der Waals surface area contributed by atoms with E-state index >= 15 is 0 Å². The van der Waals surface area contributed by atoms with Crippen LogP contribution in [0.25, 0.3) is 0 Å². The summed E-state index contributed by atoms with van der Waals surface area (Å²) in [6.07, 6.45) is 5.25. The maximum Gasteiger partial charge on any atom is 0.274 e. The highest BCUT2D eigenvalue weighted by atomic mass is 35.5. The van der Waals surface area contributed by atoms with Crippen LogP contribution in [0.3, 0.4) is 0 Å². The quantitative estimate of drug-likeness (QED) is 0.784. The number of hydrogen-bond acceptors (Lipinski definition) is 2. The molecule has 3 rings (SSSR count). The number of anilines is 1. The molecule has 0 N–H and O–H groups in total. The fourth-order valence-corrected chi connectivity index (χ4v) is 2.99. The highest BCUT2D eigenvalue weighted by Gasteiger charge is 2.25. The number of rotatable bonds is 2. The normalized spacial score (nSPS) is 16.8. The molecule has 1 unspecified atom stereocenters. The Hall–Kier alpha value is -1.87. The maximum atomic E-state index is 12.4. The second kappa shape index (κ2) is 5.25. The first kappa shape index (κ1) is 13.1. The molecule has 102 valence electrons. The Balaban J connectivity index is 1.96. The molecule has 1 aromatic heterocycles. The van der Waals surface area contributed by atoms with Gasteiger partial charge in [0.25, 0.3) is 5.91 Å². The highest BCUT2D eigenvalue weighted by molar-refractivity contribution is 6.39. The predicted octanol–water partition coefficient (Wildman–Crippen LogP) is 3.93. The lowest BCUT2D eigenvalue weighted by Crippen LogP contribution is -2.22. The van der Waals surface area contributed by atoms with Crippen molar-refractivity contribution in [3.63, 3.8) is 0 Å². The van der Waals surface area contributed by atoms with E-state index in [1.54, 1.807) is 18.3 Å². The lowest BCUT2D eigenvalue weighted by Gasteiger charge is -2.17. The minimum absolute atomic E-state index is 0.243. The van der Waals surface area contributed by atoms with E-state index < -0.39 is 0 Å². The number of hydrogen-bond donors (Lipinski definition) is 0. The topological polar surface area (TPSA) is 33.2 Å². The molecule has 1 aromatic carbocycles. The summed E-state index contributed by atoms with van der Waals surface area (Å²) >= 11 is 6.28. The average Bonchev–Trinajstić information content (AvgIpc) is 2.88. The third-order valence-electron chi connectivity index (χ3n) is 3.84. The van der Waals surface area contributed by atoms with Crippen molar-refractivity contribution in [2.75, 3.05) is 4.42 Å². The van der Waals surface area contributed by atoms with E-state index in [0.29, 0.717) is 11.5 Å². The molecule has 0 aliphatic heterocycles. The Labute approximate surface area is 123 Å². The number of halogens is 1. The molecule has 4 heteroatoms. The molecular weight excluding hydrogens is 272 g/mol. The molecule has 0 saturated carbocycles. The molecular formula is C16H15ClN2O. The minimum atomic E-state index is -0.243. The average molecular weight is 287 g/mol. The van der Waals surface area contributed by atoms with Crippen LogP contribution in [0.4, 0.5) is 5.69 Å². The van der Waals surface area contributed by atoms with Gasteiger partial charge in [0.15, 0.2) is 0 Å². The van der Waals surface area contributed by atoms with Gasteiger partial charge in [0, 0.05) is 24.2 Å². The smallest absolute Gasteiger partial charge is 0.267 e. The molecule has 0 radical (unpaired) electrons. The molecule has 2 aromatic rings. The van der Waals surface area contributed by atoms with Crippen molar-refractivity contribution in [3.05, 3.63) is 59.4 Å². The molecule has 1 aliphatic rings. The van der Waals surface area contributed by atoms with Crippen LogP contribution in [-0.2, 0) is 6.42 Å². The van der Waals surface area contributed by atoms with Gasteiger partial charge in [-0.05, 0) is 48.1 Å². The standard InChI is InChI=1S/C16H15ClN2O/c1-11-7-8-14-13(11)5-2-6-15(14)19(17)16(20)12-4-3-9-18-10-12/h2-6,9-11H,7-8H2,1H3. The zero-order valence-electron chi connectivity index (χ0n) is 11.2. The van der Waals surface area contributed by atoms with Crippen LogP contribution in [0.5, 0.6) is 0 Å². The molecule has 0 bridgehead atoms. The van der Waals surface area contributed by atoms with Crippen LogP contribution in [0.2, 0.25) is 0 Å². The zero-order chi connectivity index (χ0) is 14.1. The summed E-state index contributed by atoms with van der Waals surface area (Å²) in [5.74, 6) is 0.288. The third kappa shape index (κ3) is 2.18. The van der Waals surface area contributed by atoms with E-state index in [-0.39, 0.29) is 5.91 Å². The lowest BCUT2D eigenvalue weighted by molar-refractivity contribution is 0.100. The SMILES string of the molecule is CC1CCc2c1cccc2N(Cl)C(=O)c1cccnc1. The van der Waals surface area contributed by atoms with Gasteiger partial charge in [-0.1, -0.05) is 19.1 Å². The maximum absolute atomic E-state index is 12.4. The Morgan fingerprint density at radius 1 is 1.35 bits per heavy atom. The molecule has 20 heavy (non-hydrogen) atoms. The third-order valence-corrected chi connectivity index (χ3v) is 4.18. The van der Waals surface area contributed by atoms with Crippen molar-refractivity contribution in [3.8, 4) is 0 Å². The Morgan fingerprint density at radius 2 is 2.20 bits per heavy atom. The second-order valence-electron chi connectivity index (χ2n) is 5.11. The number of aromatic nitrogens is 1. The number of carbonyl (C=O) groups excluding carboxylic acids is 1. The second-order valence-corrected chi connectivity index (χ2v) is 5.45. The van der Waals surface area contributed by atoms with Crippen LogP contribution in [0.15, 0.2) is 42.7 Å². The summed E-state index contributed by atoms with van der Waals surface area (Å²) in [7, 11) is 0. The lowest BCUT2D eigenvalue weighted by atomic mass is 10.0. The number of amides is 1.